The van der Waals surface area contributed by atoms with Crippen LogP contribution in [0.5, 0.6) is 5.75 Å². The summed E-state index contributed by atoms with van der Waals surface area (Å²) in [5, 5.41) is 9.05. The third-order valence-corrected chi connectivity index (χ3v) is 3.05. The van der Waals surface area contributed by atoms with Crippen LogP contribution in [0.4, 0.5) is 0 Å². The van der Waals surface area contributed by atoms with Gasteiger partial charge in [-0.3, -0.25) is 4.79 Å². The zero-order valence-corrected chi connectivity index (χ0v) is 11.7. The molecule has 0 amide bonds. The van der Waals surface area contributed by atoms with E-state index in [4.69, 9.17) is 10.00 Å². The highest BCUT2D eigenvalue weighted by Crippen LogP contribution is 2.21. The molecule has 0 bridgehead atoms. The van der Waals surface area contributed by atoms with Gasteiger partial charge in [0, 0.05) is 5.56 Å². The lowest BCUT2D eigenvalue weighted by molar-refractivity contribution is 0.112. The molecule has 0 aliphatic rings. The summed E-state index contributed by atoms with van der Waals surface area (Å²) in [5.41, 5.74) is 0.921. The molecular formula is C16H21NO2. The lowest BCUT2D eigenvalue weighted by Gasteiger charge is -2.15. The van der Waals surface area contributed by atoms with Crippen LogP contribution in [0.15, 0.2) is 18.2 Å². The van der Waals surface area contributed by atoms with E-state index in [0.29, 0.717) is 16.9 Å². The summed E-state index contributed by atoms with van der Waals surface area (Å²) < 4.78 is 5.78. The van der Waals surface area contributed by atoms with Gasteiger partial charge in [0.2, 0.25) is 0 Å². The first-order valence-electron chi connectivity index (χ1n) is 6.87. The molecular weight excluding hydrogens is 238 g/mol. The van der Waals surface area contributed by atoms with Crippen molar-refractivity contribution >= 4 is 6.29 Å². The molecule has 0 heterocycles. The molecule has 0 saturated heterocycles. The molecule has 102 valence electrons. The zero-order valence-electron chi connectivity index (χ0n) is 11.7. The molecule has 3 nitrogen and oxygen atoms in total. The first kappa shape index (κ1) is 15.2. The highest BCUT2D eigenvalue weighted by Gasteiger charge is 2.09. The van der Waals surface area contributed by atoms with Crippen LogP contribution >= 0.6 is 0 Å². The van der Waals surface area contributed by atoms with Crippen molar-refractivity contribution in [3.63, 3.8) is 0 Å². The van der Waals surface area contributed by atoms with Crippen LogP contribution in [0.1, 0.15) is 61.9 Å². The van der Waals surface area contributed by atoms with Crippen molar-refractivity contribution in [1.29, 1.82) is 5.26 Å². The largest absolute Gasteiger partial charge is 0.489 e. The molecule has 0 aliphatic carbocycles. The van der Waals surface area contributed by atoms with Crippen LogP contribution in [0, 0.1) is 11.3 Å². The molecule has 1 rings (SSSR count). The number of benzene rings is 1. The maximum atomic E-state index is 10.7. The van der Waals surface area contributed by atoms with Crippen molar-refractivity contribution in [3.05, 3.63) is 29.3 Å². The molecule has 0 radical (unpaired) electrons. The average molecular weight is 259 g/mol. The van der Waals surface area contributed by atoms with Crippen molar-refractivity contribution in [3.8, 4) is 11.8 Å². The molecule has 1 atom stereocenters. The minimum absolute atomic E-state index is 0.0889. The number of nitriles is 1. The fourth-order valence-corrected chi connectivity index (χ4v) is 1.95. The van der Waals surface area contributed by atoms with E-state index >= 15 is 0 Å². The van der Waals surface area contributed by atoms with Crippen molar-refractivity contribution in [2.75, 3.05) is 0 Å². The van der Waals surface area contributed by atoms with Crippen LogP contribution in [-0.2, 0) is 0 Å². The van der Waals surface area contributed by atoms with Gasteiger partial charge in [-0.2, -0.15) is 5.26 Å². The number of rotatable bonds is 8. The molecule has 1 unspecified atom stereocenters. The molecule has 0 spiro atoms. The van der Waals surface area contributed by atoms with E-state index in [2.05, 4.69) is 13.0 Å². The third kappa shape index (κ3) is 5.13. The zero-order chi connectivity index (χ0) is 14.1. The molecule has 1 aromatic carbocycles. The molecule has 0 aromatic heterocycles. The SMILES string of the molecule is CCCCCCC(C)Oc1ccc(C=O)cc1C#N. The second kappa shape index (κ2) is 8.31. The van der Waals surface area contributed by atoms with Crippen LogP contribution < -0.4 is 4.74 Å². The number of carbonyl (C=O) groups is 1. The van der Waals surface area contributed by atoms with Gasteiger partial charge >= 0.3 is 0 Å². The van der Waals surface area contributed by atoms with Crippen molar-refractivity contribution in [1.82, 2.24) is 0 Å². The van der Waals surface area contributed by atoms with Gasteiger partial charge in [-0.05, 0) is 38.0 Å². The van der Waals surface area contributed by atoms with E-state index < -0.39 is 0 Å². The summed E-state index contributed by atoms with van der Waals surface area (Å²) in [4.78, 5) is 10.7. The quantitative estimate of drug-likeness (QED) is 0.521. The van der Waals surface area contributed by atoms with E-state index in [9.17, 15) is 4.79 Å². The number of carbonyl (C=O) groups excluding carboxylic acids is 1. The van der Waals surface area contributed by atoms with Gasteiger partial charge in [-0.15, -0.1) is 0 Å². The first-order valence-corrected chi connectivity index (χ1v) is 6.87. The topological polar surface area (TPSA) is 50.1 Å². The Hall–Kier alpha value is -1.82. The van der Waals surface area contributed by atoms with Crippen LogP contribution in [0.2, 0.25) is 0 Å². The minimum Gasteiger partial charge on any atom is -0.489 e. The molecule has 19 heavy (non-hydrogen) atoms. The average Bonchev–Trinajstić information content (AvgIpc) is 2.44. The van der Waals surface area contributed by atoms with E-state index in [1.165, 1.54) is 19.3 Å². The molecule has 0 N–H and O–H groups in total. The summed E-state index contributed by atoms with van der Waals surface area (Å²) in [5.74, 6) is 0.566. The Labute approximate surface area is 115 Å². The summed E-state index contributed by atoms with van der Waals surface area (Å²) in [6.07, 6.45) is 6.65. The predicted octanol–water partition coefficient (Wildman–Crippen LogP) is 4.11. The van der Waals surface area contributed by atoms with Gasteiger partial charge in [0.1, 0.15) is 18.1 Å². The number of unbranched alkanes of at least 4 members (excludes halogenated alkanes) is 3. The maximum Gasteiger partial charge on any atom is 0.150 e. The van der Waals surface area contributed by atoms with Gasteiger partial charge in [-0.1, -0.05) is 26.2 Å². The van der Waals surface area contributed by atoms with E-state index in [0.717, 1.165) is 19.1 Å². The molecule has 3 heteroatoms. The monoisotopic (exact) mass is 259 g/mol. The van der Waals surface area contributed by atoms with Gasteiger partial charge in [-0.25, -0.2) is 0 Å². The predicted molar refractivity (Wildman–Crippen MR) is 75.4 cm³/mol. The highest BCUT2D eigenvalue weighted by atomic mass is 16.5. The molecule has 0 saturated carbocycles. The van der Waals surface area contributed by atoms with Crippen LogP contribution in [0.25, 0.3) is 0 Å². The number of hydrogen-bond donors (Lipinski definition) is 0. The molecule has 0 aliphatic heterocycles. The van der Waals surface area contributed by atoms with Gasteiger partial charge < -0.3 is 4.74 Å². The standard InChI is InChI=1S/C16H21NO2/c1-3-4-5-6-7-13(2)19-16-9-8-14(12-18)10-15(16)11-17/h8-10,12-13H,3-7H2,1-2H3. The van der Waals surface area contributed by atoms with Crippen LogP contribution in [0.3, 0.4) is 0 Å². The summed E-state index contributed by atoms with van der Waals surface area (Å²) in [6.45, 7) is 4.20. The Balaban J connectivity index is 2.56. The van der Waals surface area contributed by atoms with Crippen molar-refractivity contribution in [2.45, 2.75) is 52.1 Å². The number of hydrogen-bond acceptors (Lipinski definition) is 3. The highest BCUT2D eigenvalue weighted by molar-refractivity contribution is 5.76. The number of nitrogens with zero attached hydrogens (tertiary/aromatic N) is 1. The van der Waals surface area contributed by atoms with Gasteiger partial charge in [0.05, 0.1) is 11.7 Å². The first-order chi connectivity index (χ1) is 9.21. The number of aldehydes is 1. The Bertz CT molecular complexity index is 449. The fourth-order valence-electron chi connectivity index (χ4n) is 1.95. The third-order valence-electron chi connectivity index (χ3n) is 3.05. The van der Waals surface area contributed by atoms with Crippen molar-refractivity contribution < 1.29 is 9.53 Å². The smallest absolute Gasteiger partial charge is 0.150 e. The molecule has 1 aromatic rings. The fraction of sp³-hybridized carbons (Fsp3) is 0.500. The normalized spacial score (nSPS) is 11.6. The summed E-state index contributed by atoms with van der Waals surface area (Å²) in [6, 6.07) is 7.00. The van der Waals surface area contributed by atoms with E-state index in [1.807, 2.05) is 6.92 Å². The second-order valence-electron chi connectivity index (χ2n) is 4.76. The second-order valence-corrected chi connectivity index (χ2v) is 4.76. The summed E-state index contributed by atoms with van der Waals surface area (Å²) in [7, 11) is 0. The van der Waals surface area contributed by atoms with Crippen molar-refractivity contribution in [2.24, 2.45) is 0 Å². The maximum absolute atomic E-state index is 10.7. The Morgan fingerprint density at radius 3 is 2.79 bits per heavy atom. The Kier molecular flexibility index (Phi) is 6.67. The lowest BCUT2D eigenvalue weighted by Crippen LogP contribution is -2.12. The number of ether oxygens (including phenoxy) is 1. The van der Waals surface area contributed by atoms with Crippen LogP contribution in [-0.4, -0.2) is 12.4 Å². The minimum atomic E-state index is 0.0889. The summed E-state index contributed by atoms with van der Waals surface area (Å²) >= 11 is 0. The Morgan fingerprint density at radius 2 is 2.16 bits per heavy atom. The van der Waals surface area contributed by atoms with Gasteiger partial charge in [0.25, 0.3) is 0 Å². The molecule has 0 fully saturated rings. The van der Waals surface area contributed by atoms with Gasteiger partial charge in [0.15, 0.2) is 0 Å². The van der Waals surface area contributed by atoms with E-state index in [-0.39, 0.29) is 6.10 Å². The van der Waals surface area contributed by atoms with E-state index in [1.54, 1.807) is 18.2 Å². The lowest BCUT2D eigenvalue weighted by atomic mass is 10.1. The Morgan fingerprint density at radius 1 is 1.37 bits per heavy atom.